The molecule has 2 amide bonds. The van der Waals surface area contributed by atoms with Crippen molar-refractivity contribution in [1.29, 1.82) is 0 Å². The van der Waals surface area contributed by atoms with Crippen LogP contribution in [0.15, 0.2) is 36.4 Å². The number of ether oxygens (including phenoxy) is 2. The number of anilines is 2. The predicted molar refractivity (Wildman–Crippen MR) is 88.4 cm³/mol. The number of rotatable bonds is 4. The van der Waals surface area contributed by atoms with Gasteiger partial charge in [0.1, 0.15) is 11.5 Å². The van der Waals surface area contributed by atoms with Gasteiger partial charge in [0, 0.05) is 22.8 Å². The van der Waals surface area contributed by atoms with Crippen LogP contribution in [0.3, 0.4) is 0 Å². The second-order valence-electron chi connectivity index (χ2n) is 4.61. The zero-order valence-electron chi connectivity index (χ0n) is 12.6. The van der Waals surface area contributed by atoms with Crippen LogP contribution >= 0.6 is 11.6 Å². The first kappa shape index (κ1) is 16.0. The molecule has 0 bridgehead atoms. The molecule has 0 aliphatic heterocycles. The number of hydrogen-bond acceptors (Lipinski definition) is 3. The molecule has 2 aromatic rings. The molecule has 2 rings (SSSR count). The summed E-state index contributed by atoms with van der Waals surface area (Å²) in [7, 11) is 3.09. The normalized spacial score (nSPS) is 10.0. The minimum atomic E-state index is -0.381. The van der Waals surface area contributed by atoms with Crippen molar-refractivity contribution >= 4 is 29.0 Å². The Bertz CT molecular complexity index is 689. The molecule has 0 spiro atoms. The highest BCUT2D eigenvalue weighted by Gasteiger charge is 2.10. The zero-order valence-corrected chi connectivity index (χ0v) is 13.3. The number of carbonyl (C=O) groups excluding carboxylic acids is 1. The maximum absolute atomic E-state index is 12.1. The Hall–Kier alpha value is -2.40. The number of carbonyl (C=O) groups is 1. The van der Waals surface area contributed by atoms with Gasteiger partial charge in [0.2, 0.25) is 0 Å². The topological polar surface area (TPSA) is 59.6 Å². The number of benzene rings is 2. The number of urea groups is 1. The fourth-order valence-electron chi connectivity index (χ4n) is 1.92. The molecule has 0 atom stereocenters. The molecule has 0 aliphatic rings. The van der Waals surface area contributed by atoms with Gasteiger partial charge in [-0.25, -0.2) is 4.79 Å². The minimum absolute atomic E-state index is 0.381. The van der Waals surface area contributed by atoms with Gasteiger partial charge in [-0.05, 0) is 30.7 Å². The van der Waals surface area contributed by atoms with Crippen molar-refractivity contribution in [3.05, 3.63) is 47.0 Å². The smallest absolute Gasteiger partial charge is 0.323 e. The fraction of sp³-hybridized carbons (Fsp3) is 0.188. The van der Waals surface area contributed by atoms with Crippen molar-refractivity contribution in [2.24, 2.45) is 0 Å². The van der Waals surface area contributed by atoms with Gasteiger partial charge in [-0.1, -0.05) is 17.7 Å². The molecule has 0 saturated carbocycles. The monoisotopic (exact) mass is 320 g/mol. The summed E-state index contributed by atoms with van der Waals surface area (Å²) in [4.78, 5) is 12.1. The Labute approximate surface area is 134 Å². The summed E-state index contributed by atoms with van der Waals surface area (Å²) >= 11 is 6.04. The first-order valence-electron chi connectivity index (χ1n) is 6.59. The molecule has 22 heavy (non-hydrogen) atoms. The highest BCUT2D eigenvalue weighted by molar-refractivity contribution is 6.31. The van der Waals surface area contributed by atoms with E-state index in [-0.39, 0.29) is 6.03 Å². The first-order valence-corrected chi connectivity index (χ1v) is 6.97. The third-order valence-electron chi connectivity index (χ3n) is 3.06. The number of amides is 2. The van der Waals surface area contributed by atoms with Gasteiger partial charge >= 0.3 is 6.03 Å². The van der Waals surface area contributed by atoms with Crippen LogP contribution in [0, 0.1) is 6.92 Å². The van der Waals surface area contributed by atoms with E-state index in [9.17, 15) is 4.79 Å². The van der Waals surface area contributed by atoms with E-state index >= 15 is 0 Å². The van der Waals surface area contributed by atoms with Crippen molar-refractivity contribution in [2.45, 2.75) is 6.92 Å². The summed E-state index contributed by atoms with van der Waals surface area (Å²) in [6.07, 6.45) is 0. The molecule has 0 fully saturated rings. The SMILES string of the molecule is COc1cccc(NC(=O)Nc2cc(C)c(Cl)cc2OC)c1. The summed E-state index contributed by atoms with van der Waals surface area (Å²) < 4.78 is 10.3. The predicted octanol–water partition coefficient (Wildman–Crippen LogP) is 4.31. The molecule has 6 heteroatoms. The number of nitrogens with one attached hydrogen (secondary N) is 2. The number of halogens is 1. The van der Waals surface area contributed by atoms with Crippen molar-refractivity contribution < 1.29 is 14.3 Å². The molecule has 2 N–H and O–H groups in total. The molecular weight excluding hydrogens is 304 g/mol. The lowest BCUT2D eigenvalue weighted by molar-refractivity contribution is 0.262. The van der Waals surface area contributed by atoms with E-state index in [2.05, 4.69) is 10.6 Å². The third kappa shape index (κ3) is 3.83. The van der Waals surface area contributed by atoms with Crippen LogP contribution < -0.4 is 20.1 Å². The Morgan fingerprint density at radius 2 is 1.86 bits per heavy atom. The average molecular weight is 321 g/mol. The van der Waals surface area contributed by atoms with Crippen LogP contribution in [0.25, 0.3) is 0 Å². The van der Waals surface area contributed by atoms with Crippen LogP contribution in [-0.2, 0) is 0 Å². The number of aryl methyl sites for hydroxylation is 1. The van der Waals surface area contributed by atoms with Crippen molar-refractivity contribution in [3.63, 3.8) is 0 Å². The summed E-state index contributed by atoms with van der Waals surface area (Å²) in [5.41, 5.74) is 2.02. The Balaban J connectivity index is 2.13. The number of methoxy groups -OCH3 is 2. The highest BCUT2D eigenvalue weighted by atomic mass is 35.5. The Morgan fingerprint density at radius 1 is 1.09 bits per heavy atom. The molecule has 5 nitrogen and oxygen atoms in total. The van der Waals surface area contributed by atoms with Crippen LogP contribution in [0.4, 0.5) is 16.2 Å². The second kappa shape index (κ2) is 7.04. The molecule has 116 valence electrons. The fourth-order valence-corrected chi connectivity index (χ4v) is 2.07. The molecule has 0 saturated heterocycles. The van der Waals surface area contributed by atoms with Gasteiger partial charge in [-0.15, -0.1) is 0 Å². The summed E-state index contributed by atoms with van der Waals surface area (Å²) in [6, 6.07) is 10.1. The quantitative estimate of drug-likeness (QED) is 0.882. The van der Waals surface area contributed by atoms with Crippen molar-refractivity contribution in [1.82, 2.24) is 0 Å². The van der Waals surface area contributed by atoms with E-state index in [4.69, 9.17) is 21.1 Å². The van der Waals surface area contributed by atoms with Crippen molar-refractivity contribution in [2.75, 3.05) is 24.9 Å². The van der Waals surface area contributed by atoms with E-state index in [0.717, 1.165) is 5.56 Å². The van der Waals surface area contributed by atoms with Crippen LogP contribution in [0.5, 0.6) is 11.5 Å². The van der Waals surface area contributed by atoms with Crippen LogP contribution in [-0.4, -0.2) is 20.3 Å². The first-order chi connectivity index (χ1) is 10.5. The Kier molecular flexibility index (Phi) is 5.12. The molecule has 0 radical (unpaired) electrons. The summed E-state index contributed by atoms with van der Waals surface area (Å²) in [5, 5.41) is 6.05. The van der Waals surface area contributed by atoms with E-state index in [1.807, 2.05) is 6.92 Å². The van der Waals surface area contributed by atoms with Gasteiger partial charge < -0.3 is 20.1 Å². The van der Waals surface area contributed by atoms with Crippen LogP contribution in [0.2, 0.25) is 5.02 Å². The summed E-state index contributed by atoms with van der Waals surface area (Å²) in [5.74, 6) is 1.16. The van der Waals surface area contributed by atoms with E-state index in [1.165, 1.54) is 7.11 Å². The Morgan fingerprint density at radius 3 is 2.55 bits per heavy atom. The lowest BCUT2D eigenvalue weighted by Gasteiger charge is -2.13. The molecule has 0 unspecified atom stereocenters. The maximum atomic E-state index is 12.1. The maximum Gasteiger partial charge on any atom is 0.323 e. The van der Waals surface area contributed by atoms with Gasteiger partial charge in [0.15, 0.2) is 0 Å². The van der Waals surface area contributed by atoms with Gasteiger partial charge in [-0.3, -0.25) is 0 Å². The molecule has 0 heterocycles. The van der Waals surface area contributed by atoms with E-state index < -0.39 is 0 Å². The third-order valence-corrected chi connectivity index (χ3v) is 3.46. The highest BCUT2D eigenvalue weighted by Crippen LogP contribution is 2.31. The lowest BCUT2D eigenvalue weighted by atomic mass is 10.2. The van der Waals surface area contributed by atoms with E-state index in [1.54, 1.807) is 43.5 Å². The van der Waals surface area contributed by atoms with Crippen LogP contribution in [0.1, 0.15) is 5.56 Å². The minimum Gasteiger partial charge on any atom is -0.497 e. The summed E-state index contributed by atoms with van der Waals surface area (Å²) in [6.45, 7) is 1.85. The molecule has 0 aromatic heterocycles. The second-order valence-corrected chi connectivity index (χ2v) is 5.02. The largest absolute Gasteiger partial charge is 0.497 e. The van der Waals surface area contributed by atoms with Gasteiger partial charge in [0.05, 0.1) is 19.9 Å². The molecule has 0 aliphatic carbocycles. The van der Waals surface area contributed by atoms with Gasteiger partial charge in [-0.2, -0.15) is 0 Å². The molecular formula is C16H17ClN2O3. The lowest BCUT2D eigenvalue weighted by Crippen LogP contribution is -2.19. The van der Waals surface area contributed by atoms with Gasteiger partial charge in [0.25, 0.3) is 0 Å². The standard InChI is InChI=1S/C16H17ClN2O3/c1-10-7-14(15(22-3)9-13(10)17)19-16(20)18-11-5-4-6-12(8-11)21-2/h4-9H,1-3H3,(H2,18,19,20). The number of hydrogen-bond donors (Lipinski definition) is 2. The zero-order chi connectivity index (χ0) is 16.1. The average Bonchev–Trinajstić information content (AvgIpc) is 2.50. The van der Waals surface area contributed by atoms with Crippen molar-refractivity contribution in [3.8, 4) is 11.5 Å². The molecule has 2 aromatic carbocycles. The van der Waals surface area contributed by atoms with E-state index in [0.29, 0.717) is 27.9 Å².